The van der Waals surface area contributed by atoms with Crippen LogP contribution < -0.4 is 0 Å². The van der Waals surface area contributed by atoms with E-state index in [1.807, 2.05) is 0 Å². The van der Waals surface area contributed by atoms with E-state index in [9.17, 15) is 0 Å². The summed E-state index contributed by atoms with van der Waals surface area (Å²) in [6.45, 7) is 0. The third-order valence-corrected chi connectivity index (χ3v) is 0.327. The lowest BCUT2D eigenvalue weighted by Crippen LogP contribution is -1.82. The van der Waals surface area contributed by atoms with Crippen LogP contribution in [0.3, 0.4) is 0 Å². The van der Waals surface area contributed by atoms with Crippen LogP contribution in [0.2, 0.25) is 0 Å². The maximum Gasteiger partial charge on any atom is 0.322 e. The molecule has 0 amide bonds. The molecule has 31 valence electrons. The van der Waals surface area contributed by atoms with Crippen molar-refractivity contribution in [2.75, 3.05) is 0 Å². The molecule has 6 heavy (non-hydrogen) atoms. The van der Waals surface area contributed by atoms with Crippen LogP contribution in [0.25, 0.3) is 0 Å². The summed E-state index contributed by atoms with van der Waals surface area (Å²) in [5.74, 6) is 0. The Balaban J connectivity index is 2.40. The lowest BCUT2D eigenvalue weighted by molar-refractivity contribution is 0.228. The van der Waals surface area contributed by atoms with Gasteiger partial charge < -0.3 is 9.57 Å². The molecule has 1 heterocycles. The number of hydrogen-bond acceptors (Lipinski definition) is 3. The summed E-state index contributed by atoms with van der Waals surface area (Å²) in [7, 11) is 0. The van der Waals surface area contributed by atoms with Gasteiger partial charge in [0, 0.05) is 0 Å². The maximum atomic E-state index is 4.35. The Labute approximate surface area is 34.9 Å². The molecule has 0 aliphatic carbocycles. The SMILES string of the molecule is [C]1=NOC=CO1. The van der Waals surface area contributed by atoms with Crippen molar-refractivity contribution in [2.45, 2.75) is 0 Å². The van der Waals surface area contributed by atoms with E-state index in [0.29, 0.717) is 0 Å². The van der Waals surface area contributed by atoms with Crippen LogP contribution in [0.1, 0.15) is 0 Å². The number of rotatable bonds is 0. The van der Waals surface area contributed by atoms with Crippen molar-refractivity contribution in [3.8, 4) is 0 Å². The van der Waals surface area contributed by atoms with Crippen molar-refractivity contribution in [2.24, 2.45) is 5.16 Å². The first-order valence-corrected chi connectivity index (χ1v) is 1.42. The van der Waals surface area contributed by atoms with Gasteiger partial charge >= 0.3 is 6.40 Å². The van der Waals surface area contributed by atoms with E-state index < -0.39 is 0 Å². The van der Waals surface area contributed by atoms with Gasteiger partial charge in [-0.05, 0) is 5.16 Å². The molecule has 3 heteroatoms. The van der Waals surface area contributed by atoms with Gasteiger partial charge in [-0.15, -0.1) is 0 Å². The largest absolute Gasteiger partial charge is 0.437 e. The third kappa shape index (κ3) is 0.484. The molecule has 1 rings (SSSR count). The Bertz CT molecular complexity index is 66.8. The highest BCUT2D eigenvalue weighted by Gasteiger charge is 1.78. The molecule has 0 saturated heterocycles. The molecule has 0 unspecified atom stereocenters. The fourth-order valence-electron chi connectivity index (χ4n) is 0.157. The second kappa shape index (κ2) is 1.45. The topological polar surface area (TPSA) is 30.8 Å². The first kappa shape index (κ1) is 3.21. The van der Waals surface area contributed by atoms with Crippen LogP contribution in [0, 0.1) is 0 Å². The fourth-order valence-corrected chi connectivity index (χ4v) is 0.157. The highest BCUT2D eigenvalue weighted by Crippen LogP contribution is 1.84. The van der Waals surface area contributed by atoms with Gasteiger partial charge in [0.05, 0.1) is 0 Å². The van der Waals surface area contributed by atoms with E-state index in [-0.39, 0.29) is 0 Å². The van der Waals surface area contributed by atoms with Crippen molar-refractivity contribution in [1.82, 2.24) is 0 Å². The second-order valence-corrected chi connectivity index (χ2v) is 0.678. The van der Waals surface area contributed by atoms with Gasteiger partial charge in [-0.2, -0.15) is 0 Å². The summed E-state index contributed by atoms with van der Waals surface area (Å²) >= 11 is 0. The molecule has 3 nitrogen and oxygen atoms in total. The second-order valence-electron chi connectivity index (χ2n) is 0.678. The van der Waals surface area contributed by atoms with Crippen LogP contribution in [0.5, 0.6) is 0 Å². The molecule has 0 aromatic heterocycles. The van der Waals surface area contributed by atoms with E-state index in [0.717, 1.165) is 0 Å². The molecule has 0 aromatic carbocycles. The lowest BCUT2D eigenvalue weighted by atomic mass is 11.0. The number of nitrogens with zero attached hydrogens (tertiary/aromatic N) is 1. The zero-order valence-electron chi connectivity index (χ0n) is 2.92. The lowest BCUT2D eigenvalue weighted by Gasteiger charge is -1.90. The first-order valence-electron chi connectivity index (χ1n) is 1.42. The Morgan fingerprint density at radius 2 is 2.50 bits per heavy atom. The van der Waals surface area contributed by atoms with E-state index >= 15 is 0 Å². The van der Waals surface area contributed by atoms with Gasteiger partial charge in [-0.3, -0.25) is 0 Å². The quantitative estimate of drug-likeness (QED) is 0.423. The Morgan fingerprint density at radius 3 is 2.67 bits per heavy atom. The molecule has 0 N–H and O–H groups in total. The van der Waals surface area contributed by atoms with Gasteiger partial charge in [0.2, 0.25) is 0 Å². The van der Waals surface area contributed by atoms with E-state index in [4.69, 9.17) is 0 Å². The maximum absolute atomic E-state index is 4.35. The van der Waals surface area contributed by atoms with Gasteiger partial charge in [-0.25, -0.2) is 0 Å². The third-order valence-electron chi connectivity index (χ3n) is 0.327. The van der Waals surface area contributed by atoms with Crippen molar-refractivity contribution >= 4 is 6.40 Å². The minimum Gasteiger partial charge on any atom is -0.437 e. The zero-order chi connectivity index (χ0) is 4.24. The van der Waals surface area contributed by atoms with E-state index in [2.05, 4.69) is 21.1 Å². The summed E-state index contributed by atoms with van der Waals surface area (Å²) < 4.78 is 4.35. The molecule has 0 saturated carbocycles. The molecule has 0 bridgehead atoms. The highest BCUT2D eigenvalue weighted by molar-refractivity contribution is 5.46. The van der Waals surface area contributed by atoms with Crippen LogP contribution in [0.4, 0.5) is 0 Å². The Morgan fingerprint density at radius 1 is 1.50 bits per heavy atom. The van der Waals surface area contributed by atoms with Gasteiger partial charge in [-0.1, -0.05) is 0 Å². The summed E-state index contributed by atoms with van der Waals surface area (Å²) in [5.41, 5.74) is 0. The molecule has 1 aliphatic rings. The molecule has 0 atom stereocenters. The van der Waals surface area contributed by atoms with Crippen LogP contribution in [-0.2, 0) is 9.57 Å². The normalized spacial score (nSPS) is 16.0. The molecular formula is C3H2NO2. The molecule has 0 aromatic rings. The van der Waals surface area contributed by atoms with Crippen molar-refractivity contribution in [3.05, 3.63) is 12.5 Å². The zero-order valence-corrected chi connectivity index (χ0v) is 2.92. The summed E-state index contributed by atoms with van der Waals surface area (Å²) in [6.07, 6.45) is 4.76. The Hall–Kier alpha value is -0.990. The molecule has 0 spiro atoms. The first-order chi connectivity index (χ1) is 3.00. The fraction of sp³-hybridized carbons (Fsp3) is 0. The van der Waals surface area contributed by atoms with E-state index in [1.165, 1.54) is 12.5 Å². The average Bonchev–Trinajstić information content (AvgIpc) is 1.72. The predicted octanol–water partition coefficient (Wildman–Crippen LogP) is 0.325. The number of ether oxygens (including phenoxy) is 1. The van der Waals surface area contributed by atoms with Gasteiger partial charge in [0.1, 0.15) is 6.26 Å². The monoisotopic (exact) mass is 84.0 g/mol. The molecule has 0 fully saturated rings. The predicted molar refractivity (Wildman–Crippen MR) is 18.7 cm³/mol. The standard InChI is InChI=1S/C3H2NO2/c1-2-6-4-3-5-1/h1-2H. The summed E-state index contributed by atoms with van der Waals surface area (Å²) in [4.78, 5) is 4.28. The van der Waals surface area contributed by atoms with Crippen molar-refractivity contribution < 1.29 is 9.57 Å². The van der Waals surface area contributed by atoms with Crippen LogP contribution in [-0.4, -0.2) is 6.40 Å². The minimum atomic E-state index is 1.32. The van der Waals surface area contributed by atoms with Gasteiger partial charge in [0.25, 0.3) is 0 Å². The minimum absolute atomic E-state index is 1.32. The summed E-state index contributed by atoms with van der Waals surface area (Å²) in [6, 6.07) is 0. The highest BCUT2D eigenvalue weighted by atomic mass is 16.7. The average molecular weight is 84.1 g/mol. The molecule has 1 radical (unpaired) electrons. The number of hydrogen-bond donors (Lipinski definition) is 0. The van der Waals surface area contributed by atoms with Crippen molar-refractivity contribution in [3.63, 3.8) is 0 Å². The molecule has 1 aliphatic heterocycles. The molecular weight excluding hydrogens is 82.0 g/mol. The van der Waals surface area contributed by atoms with Crippen LogP contribution >= 0.6 is 0 Å². The smallest absolute Gasteiger partial charge is 0.322 e. The summed E-state index contributed by atoms with van der Waals surface area (Å²) in [5, 5.41) is 3.12. The Kier molecular flexibility index (Phi) is 0.774. The van der Waals surface area contributed by atoms with E-state index in [1.54, 1.807) is 0 Å². The van der Waals surface area contributed by atoms with Crippen LogP contribution in [0.15, 0.2) is 17.7 Å². The van der Waals surface area contributed by atoms with Crippen molar-refractivity contribution in [1.29, 1.82) is 0 Å². The van der Waals surface area contributed by atoms with Gasteiger partial charge in [0.15, 0.2) is 6.26 Å².